The topological polar surface area (TPSA) is 97.8 Å². The van der Waals surface area contributed by atoms with E-state index in [1.165, 1.54) is 0 Å². The maximum atomic E-state index is 12.1. The fraction of sp³-hybridized carbons (Fsp3) is 0.114. The van der Waals surface area contributed by atoms with Gasteiger partial charge in [0, 0.05) is 40.0 Å². The number of ether oxygens (including phenoxy) is 2. The van der Waals surface area contributed by atoms with Crippen molar-refractivity contribution in [3.63, 3.8) is 0 Å². The van der Waals surface area contributed by atoms with E-state index in [-0.39, 0.29) is 5.56 Å². The molecule has 0 aliphatic carbocycles. The van der Waals surface area contributed by atoms with Gasteiger partial charge in [0.1, 0.15) is 34.2 Å². The molecule has 232 valence electrons. The summed E-state index contributed by atoms with van der Waals surface area (Å²) in [5, 5.41) is 1.23. The fourth-order valence-corrected chi connectivity index (χ4v) is 5.83. The third-order valence-corrected chi connectivity index (χ3v) is 8.21. The summed E-state index contributed by atoms with van der Waals surface area (Å²) in [5.74, 6) is 4.26. The first-order valence-electron chi connectivity index (χ1n) is 14.2. The SMILES string of the molecule is Cc1nc2c(Oc3cccc(Cl)c3)c(-c3cc(C)c(=O)n(C)c3)ccc2[nH]1.Cc1nc2c(Oc3cccc(Cl)c3)c(Br)ccc2[nH]1. The molecule has 0 saturated heterocycles. The Hall–Kier alpha value is -4.57. The number of rotatable bonds is 5. The first kappa shape index (κ1) is 31.4. The molecule has 8 nitrogen and oxygen atoms in total. The van der Waals surface area contributed by atoms with E-state index in [1.807, 2.05) is 74.5 Å². The number of nitrogens with zero attached hydrogens (tertiary/aromatic N) is 3. The fourth-order valence-electron chi connectivity index (χ4n) is 5.07. The Morgan fingerprint density at radius 2 is 1.28 bits per heavy atom. The molecule has 0 amide bonds. The third-order valence-electron chi connectivity index (χ3n) is 7.11. The largest absolute Gasteiger partial charge is 0.454 e. The van der Waals surface area contributed by atoms with E-state index in [2.05, 4.69) is 35.9 Å². The van der Waals surface area contributed by atoms with E-state index in [0.29, 0.717) is 38.6 Å². The lowest BCUT2D eigenvalue weighted by Gasteiger charge is -2.14. The number of aromatic amines is 2. The monoisotopic (exact) mass is 715 g/mol. The Morgan fingerprint density at radius 3 is 1.85 bits per heavy atom. The van der Waals surface area contributed by atoms with Crippen LogP contribution in [0.4, 0.5) is 0 Å². The summed E-state index contributed by atoms with van der Waals surface area (Å²) in [6.07, 6.45) is 1.81. The number of nitrogens with one attached hydrogen (secondary N) is 2. The van der Waals surface area contributed by atoms with E-state index < -0.39 is 0 Å². The van der Waals surface area contributed by atoms with Gasteiger partial charge in [0.2, 0.25) is 0 Å². The normalized spacial score (nSPS) is 11.0. The highest BCUT2D eigenvalue weighted by molar-refractivity contribution is 9.10. The Labute approximate surface area is 283 Å². The average Bonchev–Trinajstić information content (AvgIpc) is 3.59. The molecular formula is C35H28BrCl2N5O3. The van der Waals surface area contributed by atoms with Crippen LogP contribution in [0, 0.1) is 20.8 Å². The molecule has 0 bridgehead atoms. The molecule has 3 heterocycles. The molecular weight excluding hydrogens is 689 g/mol. The van der Waals surface area contributed by atoms with Gasteiger partial charge in [-0.2, -0.15) is 0 Å². The Balaban J connectivity index is 0.000000172. The van der Waals surface area contributed by atoms with Gasteiger partial charge < -0.3 is 24.0 Å². The van der Waals surface area contributed by atoms with Crippen molar-refractivity contribution in [2.75, 3.05) is 0 Å². The van der Waals surface area contributed by atoms with Crippen molar-refractivity contribution >= 4 is 61.2 Å². The van der Waals surface area contributed by atoms with Crippen molar-refractivity contribution in [2.24, 2.45) is 7.05 Å². The number of imidazole rings is 2. The minimum Gasteiger partial charge on any atom is -0.454 e. The third kappa shape index (κ3) is 6.67. The number of H-pyrrole nitrogens is 2. The van der Waals surface area contributed by atoms with E-state index in [4.69, 9.17) is 32.7 Å². The molecule has 4 aromatic carbocycles. The first-order valence-corrected chi connectivity index (χ1v) is 15.8. The predicted molar refractivity (Wildman–Crippen MR) is 188 cm³/mol. The molecule has 0 fully saturated rings. The molecule has 0 radical (unpaired) electrons. The minimum absolute atomic E-state index is 0.0206. The van der Waals surface area contributed by atoms with Crippen LogP contribution in [-0.4, -0.2) is 24.5 Å². The lowest BCUT2D eigenvalue weighted by Crippen LogP contribution is -2.18. The highest BCUT2D eigenvalue weighted by Crippen LogP contribution is 2.39. The molecule has 0 aliphatic rings. The summed E-state index contributed by atoms with van der Waals surface area (Å²) < 4.78 is 14.6. The first-order chi connectivity index (χ1) is 22.0. The van der Waals surface area contributed by atoms with Crippen LogP contribution in [0.3, 0.4) is 0 Å². The van der Waals surface area contributed by atoms with E-state index in [9.17, 15) is 4.79 Å². The van der Waals surface area contributed by atoms with Gasteiger partial charge in [0.05, 0.1) is 15.5 Å². The van der Waals surface area contributed by atoms with Crippen molar-refractivity contribution in [2.45, 2.75) is 20.8 Å². The van der Waals surface area contributed by atoms with Crippen molar-refractivity contribution < 1.29 is 9.47 Å². The Kier molecular flexibility index (Phi) is 8.90. The Morgan fingerprint density at radius 1 is 0.739 bits per heavy atom. The minimum atomic E-state index is -0.0206. The summed E-state index contributed by atoms with van der Waals surface area (Å²) in [6, 6.07) is 24.2. The van der Waals surface area contributed by atoms with Crippen LogP contribution in [-0.2, 0) is 7.05 Å². The van der Waals surface area contributed by atoms with Crippen LogP contribution in [0.2, 0.25) is 10.0 Å². The van der Waals surface area contributed by atoms with Crippen LogP contribution in [0.1, 0.15) is 17.2 Å². The summed E-state index contributed by atoms with van der Waals surface area (Å²) >= 11 is 15.6. The van der Waals surface area contributed by atoms with Crippen LogP contribution in [0.25, 0.3) is 33.2 Å². The van der Waals surface area contributed by atoms with Crippen molar-refractivity contribution in [3.8, 4) is 34.1 Å². The summed E-state index contributed by atoms with van der Waals surface area (Å²) in [4.78, 5) is 27.5. The predicted octanol–water partition coefficient (Wildman–Crippen LogP) is 10.1. The Bertz CT molecular complexity index is 2270. The zero-order valence-corrected chi connectivity index (χ0v) is 28.4. The summed E-state index contributed by atoms with van der Waals surface area (Å²) in [6.45, 7) is 5.62. The molecule has 0 spiro atoms. The molecule has 0 atom stereocenters. The number of benzene rings is 4. The number of pyridine rings is 1. The quantitative estimate of drug-likeness (QED) is 0.185. The number of fused-ring (bicyclic) bond motifs is 2. The molecule has 2 N–H and O–H groups in total. The van der Waals surface area contributed by atoms with E-state index in [0.717, 1.165) is 49.3 Å². The molecule has 7 aromatic rings. The van der Waals surface area contributed by atoms with Gasteiger partial charge >= 0.3 is 0 Å². The maximum absolute atomic E-state index is 12.1. The van der Waals surface area contributed by atoms with E-state index >= 15 is 0 Å². The summed E-state index contributed by atoms with van der Waals surface area (Å²) in [5.41, 5.74) is 5.74. The molecule has 7 rings (SSSR count). The van der Waals surface area contributed by atoms with Gasteiger partial charge in [-0.25, -0.2) is 9.97 Å². The molecule has 46 heavy (non-hydrogen) atoms. The zero-order valence-electron chi connectivity index (χ0n) is 25.3. The number of aromatic nitrogens is 5. The molecule has 0 saturated carbocycles. The number of halogens is 3. The van der Waals surface area contributed by atoms with Crippen molar-refractivity contribution in [3.05, 3.63) is 127 Å². The van der Waals surface area contributed by atoms with Gasteiger partial charge in [-0.15, -0.1) is 0 Å². The second-order valence-corrected chi connectivity index (χ2v) is 12.4. The zero-order chi connectivity index (χ0) is 32.5. The number of hydrogen-bond acceptors (Lipinski definition) is 5. The number of aryl methyl sites for hydroxylation is 4. The van der Waals surface area contributed by atoms with Crippen LogP contribution >= 0.6 is 39.1 Å². The van der Waals surface area contributed by atoms with Gasteiger partial charge in [0.15, 0.2) is 11.5 Å². The van der Waals surface area contributed by atoms with Gasteiger partial charge in [-0.3, -0.25) is 4.79 Å². The maximum Gasteiger partial charge on any atom is 0.253 e. The standard InChI is InChI=1S/C21H18ClN3O2.C14H10BrClN2O/c1-12-9-14(11-25(3)21(12)26)17-7-8-18-19(24-13(2)23-18)20(17)27-16-6-4-5-15(22)10-16;1-8-17-12-6-5-11(15)14(13(12)18-8)19-10-4-2-3-9(16)7-10/h4-11H,1-3H3,(H,23,24);2-7H,1H3,(H,17,18). The van der Waals surface area contributed by atoms with Gasteiger partial charge in [0.25, 0.3) is 5.56 Å². The van der Waals surface area contributed by atoms with Crippen molar-refractivity contribution in [1.29, 1.82) is 0 Å². The van der Waals surface area contributed by atoms with E-state index in [1.54, 1.807) is 42.9 Å². The lowest BCUT2D eigenvalue weighted by molar-refractivity contribution is 0.484. The van der Waals surface area contributed by atoms with Crippen LogP contribution in [0.5, 0.6) is 23.0 Å². The number of hydrogen-bond donors (Lipinski definition) is 2. The lowest BCUT2D eigenvalue weighted by atomic mass is 10.0. The molecule has 11 heteroatoms. The van der Waals surface area contributed by atoms with Gasteiger partial charge in [-0.1, -0.05) is 35.3 Å². The average molecular weight is 717 g/mol. The second kappa shape index (κ2) is 13.0. The highest BCUT2D eigenvalue weighted by Gasteiger charge is 2.17. The van der Waals surface area contributed by atoms with Crippen LogP contribution < -0.4 is 15.0 Å². The molecule has 3 aromatic heterocycles. The molecule has 0 aliphatic heterocycles. The highest BCUT2D eigenvalue weighted by atomic mass is 79.9. The van der Waals surface area contributed by atoms with Crippen molar-refractivity contribution in [1.82, 2.24) is 24.5 Å². The smallest absolute Gasteiger partial charge is 0.253 e. The summed E-state index contributed by atoms with van der Waals surface area (Å²) in [7, 11) is 1.74. The second-order valence-electron chi connectivity index (χ2n) is 10.7. The van der Waals surface area contributed by atoms with Gasteiger partial charge in [-0.05, 0) is 103 Å². The van der Waals surface area contributed by atoms with Crippen LogP contribution in [0.15, 0.2) is 94.3 Å². The molecule has 0 unspecified atom stereocenters.